The van der Waals surface area contributed by atoms with E-state index in [1.54, 1.807) is 12.1 Å². The highest BCUT2D eigenvalue weighted by Gasteiger charge is 2.22. The Balaban J connectivity index is 1.94. The molecule has 1 aliphatic heterocycles. The quantitative estimate of drug-likeness (QED) is 0.420. The second-order valence-electron chi connectivity index (χ2n) is 5.18. The smallest absolute Gasteiger partial charge is 0.344 e. The molecule has 1 radical (unpaired) electrons. The lowest BCUT2D eigenvalue weighted by Crippen LogP contribution is -2.08. The van der Waals surface area contributed by atoms with Gasteiger partial charge in [0.05, 0.1) is 12.2 Å². The number of benzene rings is 2. The van der Waals surface area contributed by atoms with Gasteiger partial charge in [-0.05, 0) is 37.0 Å². The fourth-order valence-corrected chi connectivity index (χ4v) is 3.16. The van der Waals surface area contributed by atoms with Crippen molar-refractivity contribution in [1.29, 1.82) is 1.34 Å². The molecule has 1 aliphatic rings. The molecule has 0 saturated heterocycles. The molecule has 2 heterocycles. The van der Waals surface area contributed by atoms with Crippen LogP contribution in [-0.2, 0) is 6.42 Å². The average molecular weight is 325 g/mol. The van der Waals surface area contributed by atoms with Gasteiger partial charge in [-0.15, -0.1) is 0 Å². The summed E-state index contributed by atoms with van der Waals surface area (Å²) in [6, 6.07) is 12.9. The Morgan fingerprint density at radius 2 is 2.17 bits per heavy atom. The first-order valence-corrected chi connectivity index (χ1v) is 7.94. The van der Waals surface area contributed by atoms with E-state index in [4.69, 9.17) is 14.7 Å². The van der Waals surface area contributed by atoms with Crippen LogP contribution in [0.25, 0.3) is 22.1 Å². The Kier molecular flexibility index (Phi) is 3.26. The maximum Gasteiger partial charge on any atom is 0.344 e. The molecule has 3 aromatic rings. The molecule has 0 fully saturated rings. The maximum atomic E-state index is 12.6. The minimum absolute atomic E-state index is 0.382. The predicted molar refractivity (Wildman–Crippen MR) is 92.5 cm³/mol. The van der Waals surface area contributed by atoms with E-state index in [9.17, 15) is 4.79 Å². The van der Waals surface area contributed by atoms with Crippen LogP contribution in [0.4, 0.5) is 0 Å². The Morgan fingerprint density at radius 1 is 1.26 bits per heavy atom. The van der Waals surface area contributed by atoms with Crippen molar-refractivity contribution in [3.63, 3.8) is 0 Å². The molecule has 6 heteroatoms. The van der Waals surface area contributed by atoms with Crippen molar-refractivity contribution in [3.05, 3.63) is 58.4 Å². The molecular weight excluding hydrogens is 311 g/mol. The van der Waals surface area contributed by atoms with Gasteiger partial charge < -0.3 is 13.3 Å². The summed E-state index contributed by atoms with van der Waals surface area (Å²) in [5.41, 5.74) is 2.35. The normalized spacial score (nSPS) is 13.3. The van der Waals surface area contributed by atoms with Gasteiger partial charge in [-0.3, -0.25) is 0 Å². The van der Waals surface area contributed by atoms with Crippen LogP contribution in [0.2, 0.25) is 0 Å². The van der Waals surface area contributed by atoms with E-state index in [1.807, 2.05) is 30.3 Å². The van der Waals surface area contributed by atoms with Crippen molar-refractivity contribution in [1.82, 2.24) is 0 Å². The predicted octanol–water partition coefficient (Wildman–Crippen LogP) is 3.24. The van der Waals surface area contributed by atoms with Crippen LogP contribution in [0.5, 0.6) is 11.5 Å². The summed E-state index contributed by atoms with van der Waals surface area (Å²) in [5.74, 6) is 1.23. The van der Waals surface area contributed by atoms with Gasteiger partial charge in [-0.2, -0.15) is 0 Å². The summed E-state index contributed by atoms with van der Waals surface area (Å²) in [6.07, 6.45) is 0.627. The number of hydrogen-bond donors (Lipinski definition) is 0. The van der Waals surface area contributed by atoms with Crippen LogP contribution in [0.3, 0.4) is 0 Å². The number of para-hydroxylation sites is 1. The second-order valence-corrected chi connectivity index (χ2v) is 5.53. The fourth-order valence-electron chi connectivity index (χ4n) is 2.95. The molecule has 0 aliphatic carbocycles. The fraction of sp³-hybridized carbons (Fsp3) is 0.118. The van der Waals surface area contributed by atoms with Gasteiger partial charge >= 0.3 is 5.63 Å². The molecule has 1 aromatic heterocycles. The molecule has 0 atom stereocenters. The van der Waals surface area contributed by atoms with Crippen LogP contribution < -0.4 is 14.5 Å². The highest BCUT2D eigenvalue weighted by molar-refractivity contribution is 8.16. The van der Waals surface area contributed by atoms with Crippen molar-refractivity contribution in [2.75, 3.05) is 6.61 Å². The third-order valence-corrected chi connectivity index (χ3v) is 4.19. The Hall–Kier alpha value is -2.34. The minimum Gasteiger partial charge on any atom is -0.493 e. The number of fused-ring (bicyclic) bond motifs is 5. The molecule has 4 nitrogen and oxygen atoms in total. The summed E-state index contributed by atoms with van der Waals surface area (Å²) in [5, 5.41) is 0.872. The third-order valence-electron chi connectivity index (χ3n) is 3.90. The Bertz CT molecular complexity index is 972. The molecule has 4 rings (SSSR count). The van der Waals surface area contributed by atoms with Crippen molar-refractivity contribution in [2.24, 2.45) is 0 Å². The summed E-state index contributed by atoms with van der Waals surface area (Å²) in [4.78, 5) is 12.6. The van der Waals surface area contributed by atoms with E-state index in [2.05, 4.69) is 0 Å². The molecule has 0 N–H and O–H groups in total. The van der Waals surface area contributed by atoms with E-state index in [0.717, 1.165) is 35.5 Å². The van der Waals surface area contributed by atoms with Gasteiger partial charge in [0.25, 0.3) is 0 Å². The highest BCUT2D eigenvalue weighted by atomic mass is 32.2. The summed E-state index contributed by atoms with van der Waals surface area (Å²) in [7, 11) is 1.09. The van der Waals surface area contributed by atoms with Crippen LogP contribution in [0.1, 0.15) is 5.56 Å². The SMILES string of the molecule is [3H][B]SOc1ccc2c3c(c(=O)oc2c1)-c1ccccc1OCC3. The summed E-state index contributed by atoms with van der Waals surface area (Å²) >= 11 is 0.899. The Morgan fingerprint density at radius 3 is 3.09 bits per heavy atom. The second kappa shape index (κ2) is 5.70. The third kappa shape index (κ3) is 2.39. The van der Waals surface area contributed by atoms with Gasteiger partial charge in [0, 0.05) is 23.4 Å². The van der Waals surface area contributed by atoms with E-state index < -0.39 is 0 Å². The first-order chi connectivity index (χ1) is 11.8. The first-order valence-electron chi connectivity index (χ1n) is 7.71. The highest BCUT2D eigenvalue weighted by Crippen LogP contribution is 2.36. The van der Waals surface area contributed by atoms with Crippen molar-refractivity contribution < 1.29 is 13.3 Å². The topological polar surface area (TPSA) is 48.7 Å². The molecule has 0 bridgehead atoms. The zero-order valence-corrected chi connectivity index (χ0v) is 12.9. The van der Waals surface area contributed by atoms with Crippen LogP contribution in [0.15, 0.2) is 51.7 Å². The molecule has 113 valence electrons. The molecule has 0 spiro atoms. The molecular formula is C17H12BO4S. The number of rotatable bonds is 3. The monoisotopic (exact) mass is 325 g/mol. The zero-order valence-electron chi connectivity index (χ0n) is 13.1. The van der Waals surface area contributed by atoms with Gasteiger partial charge in [-0.1, -0.05) is 18.2 Å². The lowest BCUT2D eigenvalue weighted by molar-refractivity contribution is 0.327. The molecule has 23 heavy (non-hydrogen) atoms. The minimum atomic E-state index is -0.382. The molecule has 0 saturated carbocycles. The van der Waals surface area contributed by atoms with Gasteiger partial charge in [0.2, 0.25) is 7.09 Å². The largest absolute Gasteiger partial charge is 0.493 e. The van der Waals surface area contributed by atoms with E-state index in [0.29, 0.717) is 35.7 Å². The van der Waals surface area contributed by atoms with Crippen molar-refractivity contribution in [2.45, 2.75) is 6.42 Å². The molecule has 0 amide bonds. The van der Waals surface area contributed by atoms with Gasteiger partial charge in [-0.25, -0.2) is 4.79 Å². The van der Waals surface area contributed by atoms with E-state index in [1.165, 1.54) is 0 Å². The van der Waals surface area contributed by atoms with Gasteiger partial charge in [0.15, 0.2) is 0 Å². The maximum absolute atomic E-state index is 12.6. The summed E-state index contributed by atoms with van der Waals surface area (Å²) < 4.78 is 23.6. The number of ether oxygens (including phenoxy) is 1. The van der Waals surface area contributed by atoms with Crippen LogP contribution in [-0.4, -0.2) is 15.0 Å². The molecule has 0 unspecified atom stereocenters. The van der Waals surface area contributed by atoms with Crippen molar-refractivity contribution in [3.8, 4) is 22.6 Å². The van der Waals surface area contributed by atoms with E-state index in [-0.39, 0.29) is 5.63 Å². The standard InChI is InChI=1S/C17H12BO4S/c18-23-22-10-5-6-11-12-7-8-20-14-4-2-1-3-13(14)16(12)17(19)21-15(11)9-10/h1-6,9,18H,7-8H2/i18T. The number of hydrogen-bond acceptors (Lipinski definition) is 5. The molecule has 2 aromatic carbocycles. The van der Waals surface area contributed by atoms with Crippen molar-refractivity contribution >= 4 is 30.0 Å². The van der Waals surface area contributed by atoms with Crippen LogP contribution >= 0.6 is 11.9 Å². The average Bonchev–Trinajstić information content (AvgIpc) is 2.80. The van der Waals surface area contributed by atoms with Gasteiger partial charge in [0.1, 0.15) is 17.1 Å². The lowest BCUT2D eigenvalue weighted by atomic mass is 9.97. The Labute approximate surface area is 139 Å². The van der Waals surface area contributed by atoms with Crippen LogP contribution in [0, 0.1) is 0 Å². The van der Waals surface area contributed by atoms with E-state index >= 15 is 0 Å². The lowest BCUT2D eigenvalue weighted by Gasteiger charge is -2.10. The summed E-state index contributed by atoms with van der Waals surface area (Å²) in [6.45, 7) is 0.504. The first kappa shape index (κ1) is 13.1. The zero-order chi connectivity index (χ0) is 16.5.